The van der Waals surface area contributed by atoms with Crippen LogP contribution >= 0.6 is 0 Å². The number of aliphatic carboxylic acids is 1. The van der Waals surface area contributed by atoms with Crippen molar-refractivity contribution in [1.29, 1.82) is 0 Å². The molecular formula is C24H48O4. The van der Waals surface area contributed by atoms with Crippen molar-refractivity contribution in [3.05, 3.63) is 11.6 Å². The molecule has 0 amide bonds. The van der Waals surface area contributed by atoms with E-state index < -0.39 is 5.97 Å². The van der Waals surface area contributed by atoms with E-state index in [1.165, 1.54) is 96.3 Å². The molecule has 0 aromatic rings. The lowest BCUT2D eigenvalue weighted by atomic mass is 10.0. The van der Waals surface area contributed by atoms with Gasteiger partial charge in [-0.15, -0.1) is 0 Å². The first-order valence-corrected chi connectivity index (χ1v) is 11.7. The monoisotopic (exact) mass is 400 g/mol. The maximum atomic E-state index is 10.6. The van der Waals surface area contributed by atoms with Crippen LogP contribution in [0, 0.1) is 0 Å². The zero-order chi connectivity index (χ0) is 21.3. The number of rotatable bonds is 19. The van der Waals surface area contributed by atoms with Crippen LogP contribution in [0.3, 0.4) is 0 Å². The Balaban J connectivity index is 0. The van der Waals surface area contributed by atoms with Gasteiger partial charge in [0.05, 0.1) is 13.2 Å². The van der Waals surface area contributed by atoms with Crippen molar-refractivity contribution in [2.24, 2.45) is 0 Å². The summed E-state index contributed by atoms with van der Waals surface area (Å²) in [6, 6.07) is 0. The lowest BCUT2D eigenvalue weighted by molar-refractivity contribution is -0.132. The molecule has 0 heterocycles. The first-order valence-electron chi connectivity index (χ1n) is 11.7. The Morgan fingerprint density at radius 3 is 1.25 bits per heavy atom. The third-order valence-electron chi connectivity index (χ3n) is 4.95. The molecule has 0 saturated carbocycles. The van der Waals surface area contributed by atoms with Crippen LogP contribution in [-0.4, -0.2) is 34.5 Å². The van der Waals surface area contributed by atoms with Gasteiger partial charge in [-0.3, -0.25) is 0 Å². The second-order valence-corrected chi connectivity index (χ2v) is 7.73. The van der Waals surface area contributed by atoms with Gasteiger partial charge in [0.15, 0.2) is 0 Å². The minimum Gasteiger partial charge on any atom is -0.478 e. The van der Waals surface area contributed by atoms with E-state index >= 15 is 0 Å². The van der Waals surface area contributed by atoms with Gasteiger partial charge in [-0.05, 0) is 19.8 Å². The number of carbonyl (C=O) groups is 1. The molecule has 0 radical (unpaired) electrons. The molecule has 28 heavy (non-hydrogen) atoms. The van der Waals surface area contributed by atoms with Crippen molar-refractivity contribution >= 4 is 5.97 Å². The maximum Gasteiger partial charge on any atom is 0.330 e. The van der Waals surface area contributed by atoms with E-state index in [1.54, 1.807) is 6.92 Å². The number of hydrogen-bond acceptors (Lipinski definition) is 3. The van der Waals surface area contributed by atoms with Crippen molar-refractivity contribution in [2.45, 2.75) is 123 Å². The van der Waals surface area contributed by atoms with Gasteiger partial charge >= 0.3 is 5.97 Å². The Labute approximate surface area is 174 Å². The third kappa shape index (κ3) is 27.3. The number of unbranched alkanes of at least 4 members (excludes halogenated alkanes) is 16. The fourth-order valence-corrected chi connectivity index (χ4v) is 3.10. The molecule has 0 aliphatic carbocycles. The normalized spacial score (nSPS) is 11.2. The quantitative estimate of drug-likeness (QED) is 0.168. The van der Waals surface area contributed by atoms with Gasteiger partial charge < -0.3 is 15.3 Å². The second-order valence-electron chi connectivity index (χ2n) is 7.73. The molecule has 0 aromatic heterocycles. The maximum absolute atomic E-state index is 10.6. The Bertz CT molecular complexity index is 337. The molecule has 0 rings (SSSR count). The van der Waals surface area contributed by atoms with Gasteiger partial charge in [0.25, 0.3) is 0 Å². The summed E-state index contributed by atoms with van der Waals surface area (Å²) in [5, 5.41) is 24.0. The van der Waals surface area contributed by atoms with E-state index in [4.69, 9.17) is 15.3 Å². The van der Waals surface area contributed by atoms with Gasteiger partial charge in [-0.1, -0.05) is 109 Å². The summed E-state index contributed by atoms with van der Waals surface area (Å²) in [4.78, 5) is 10.6. The van der Waals surface area contributed by atoms with Crippen LogP contribution < -0.4 is 0 Å². The number of carboxylic acid groups (broad SMARTS) is 1. The molecule has 0 saturated heterocycles. The average molecular weight is 401 g/mol. The molecule has 0 aromatic carbocycles. The number of carboxylic acids is 1. The Kier molecular flexibility index (Phi) is 27.4. The largest absolute Gasteiger partial charge is 0.478 e. The fourth-order valence-electron chi connectivity index (χ4n) is 3.10. The van der Waals surface area contributed by atoms with E-state index in [-0.39, 0.29) is 13.2 Å². The molecule has 0 aliphatic heterocycles. The van der Waals surface area contributed by atoms with Crippen molar-refractivity contribution in [2.75, 3.05) is 13.2 Å². The van der Waals surface area contributed by atoms with Crippen molar-refractivity contribution < 1.29 is 20.1 Å². The Morgan fingerprint density at radius 1 is 0.643 bits per heavy atom. The van der Waals surface area contributed by atoms with Crippen LogP contribution in [0.1, 0.15) is 123 Å². The fraction of sp³-hybridized carbons (Fsp3) is 0.875. The summed E-state index contributed by atoms with van der Waals surface area (Å²) in [6.45, 7) is 3.70. The van der Waals surface area contributed by atoms with Gasteiger partial charge in [0.1, 0.15) is 0 Å². The third-order valence-corrected chi connectivity index (χ3v) is 4.95. The molecular weight excluding hydrogens is 352 g/mol. The Morgan fingerprint density at radius 2 is 0.964 bits per heavy atom. The highest BCUT2D eigenvalue weighted by Crippen LogP contribution is 2.14. The van der Waals surface area contributed by atoms with Crippen molar-refractivity contribution in [1.82, 2.24) is 0 Å². The smallest absolute Gasteiger partial charge is 0.330 e. The first kappa shape index (κ1) is 29.3. The zero-order valence-corrected chi connectivity index (χ0v) is 18.8. The van der Waals surface area contributed by atoms with Gasteiger partial charge in [-0.25, -0.2) is 4.79 Å². The zero-order valence-electron chi connectivity index (χ0n) is 18.8. The standard InChI is InChI=1S/C22H42O2.C2H6O2/c1-3-4-5-6-7-8-9-10-11-12-13-14-15-16-17-18-19-20-21(2)22(23)24;3-1-2-4/h20H,3-19H2,1-2H3,(H,23,24);3-4H,1-2H2. The highest BCUT2D eigenvalue weighted by molar-refractivity contribution is 5.85. The van der Waals surface area contributed by atoms with Crippen LogP contribution in [0.4, 0.5) is 0 Å². The predicted molar refractivity (Wildman–Crippen MR) is 120 cm³/mol. The second kappa shape index (κ2) is 26.1. The van der Waals surface area contributed by atoms with Gasteiger partial charge in [0, 0.05) is 5.57 Å². The molecule has 0 unspecified atom stereocenters. The lowest BCUT2D eigenvalue weighted by Gasteiger charge is -2.03. The SMILES string of the molecule is CCCCCCCCCCCCCCCCCCC=C(C)C(=O)O.OCCO. The molecule has 0 bridgehead atoms. The summed E-state index contributed by atoms with van der Waals surface area (Å²) in [7, 11) is 0. The highest BCUT2D eigenvalue weighted by Gasteiger charge is 1.98. The van der Waals surface area contributed by atoms with E-state index in [0.717, 1.165) is 12.8 Å². The lowest BCUT2D eigenvalue weighted by Crippen LogP contribution is -1.95. The molecule has 0 fully saturated rings. The summed E-state index contributed by atoms with van der Waals surface area (Å²) in [6.07, 6.45) is 24.8. The number of aliphatic hydroxyl groups is 2. The molecule has 0 spiro atoms. The van der Waals surface area contributed by atoms with E-state index in [1.807, 2.05) is 6.08 Å². The summed E-state index contributed by atoms with van der Waals surface area (Å²) in [5.74, 6) is -0.786. The Hall–Kier alpha value is -0.870. The van der Waals surface area contributed by atoms with Crippen LogP contribution in [0.2, 0.25) is 0 Å². The number of allylic oxidation sites excluding steroid dienone is 1. The molecule has 0 atom stereocenters. The molecule has 3 N–H and O–H groups in total. The molecule has 4 heteroatoms. The van der Waals surface area contributed by atoms with Crippen LogP contribution in [0.5, 0.6) is 0 Å². The van der Waals surface area contributed by atoms with Gasteiger partial charge in [-0.2, -0.15) is 0 Å². The van der Waals surface area contributed by atoms with E-state index in [2.05, 4.69) is 6.92 Å². The highest BCUT2D eigenvalue weighted by atomic mass is 16.4. The predicted octanol–water partition coefficient (Wildman–Crippen LogP) is 6.64. The van der Waals surface area contributed by atoms with Crippen LogP contribution in [-0.2, 0) is 4.79 Å². The minimum atomic E-state index is -0.786. The minimum absolute atomic E-state index is 0.125. The number of aliphatic hydroxyl groups excluding tert-OH is 2. The van der Waals surface area contributed by atoms with Crippen molar-refractivity contribution in [3.63, 3.8) is 0 Å². The van der Waals surface area contributed by atoms with Crippen LogP contribution in [0.15, 0.2) is 11.6 Å². The summed E-state index contributed by atoms with van der Waals surface area (Å²) >= 11 is 0. The topological polar surface area (TPSA) is 77.8 Å². The van der Waals surface area contributed by atoms with E-state index in [0.29, 0.717) is 5.57 Å². The number of hydrogen-bond donors (Lipinski definition) is 3. The van der Waals surface area contributed by atoms with Gasteiger partial charge in [0.2, 0.25) is 0 Å². The average Bonchev–Trinajstić information content (AvgIpc) is 2.70. The molecule has 4 nitrogen and oxygen atoms in total. The van der Waals surface area contributed by atoms with Crippen LogP contribution in [0.25, 0.3) is 0 Å². The summed E-state index contributed by atoms with van der Waals surface area (Å²) < 4.78 is 0. The molecule has 168 valence electrons. The van der Waals surface area contributed by atoms with E-state index in [9.17, 15) is 4.79 Å². The first-order chi connectivity index (χ1) is 13.6. The summed E-state index contributed by atoms with van der Waals surface area (Å²) in [5.41, 5.74) is 0.482. The van der Waals surface area contributed by atoms with Crippen molar-refractivity contribution in [3.8, 4) is 0 Å². The molecule has 0 aliphatic rings.